The van der Waals surface area contributed by atoms with Crippen LogP contribution in [-0.4, -0.2) is 85.1 Å². The molecule has 1 N–H and O–H groups in total. The molecule has 2 unspecified atom stereocenters. The van der Waals surface area contributed by atoms with Gasteiger partial charge in [0.1, 0.15) is 5.75 Å². The van der Waals surface area contributed by atoms with Crippen LogP contribution >= 0.6 is 0 Å². The van der Waals surface area contributed by atoms with Gasteiger partial charge >= 0.3 is 12.4 Å². The van der Waals surface area contributed by atoms with Crippen molar-refractivity contribution in [3.63, 3.8) is 0 Å². The van der Waals surface area contributed by atoms with E-state index in [1.807, 2.05) is 6.92 Å². The van der Waals surface area contributed by atoms with Crippen molar-refractivity contribution in [2.75, 3.05) is 44.3 Å². The van der Waals surface area contributed by atoms with Crippen LogP contribution in [0.2, 0.25) is 0 Å². The van der Waals surface area contributed by atoms with Gasteiger partial charge in [-0.25, -0.2) is 13.2 Å². The number of amides is 2. The molecule has 2 atom stereocenters. The van der Waals surface area contributed by atoms with Crippen LogP contribution in [0, 0.1) is 0 Å². The van der Waals surface area contributed by atoms with Crippen molar-refractivity contribution in [2.45, 2.75) is 31.5 Å². The second-order valence-electron chi connectivity index (χ2n) is 8.67. The van der Waals surface area contributed by atoms with Crippen LogP contribution in [0.4, 0.5) is 18.0 Å². The Kier molecular flexibility index (Phi) is 7.15. The average Bonchev–Trinajstić information content (AvgIpc) is 3.27. The van der Waals surface area contributed by atoms with E-state index in [1.54, 1.807) is 28.0 Å². The maximum atomic E-state index is 13.3. The Morgan fingerprint density at radius 1 is 1.11 bits per heavy atom. The molecule has 3 heterocycles. The topological polar surface area (TPSA) is 105 Å². The van der Waals surface area contributed by atoms with Crippen LogP contribution in [0.1, 0.15) is 36.4 Å². The van der Waals surface area contributed by atoms with E-state index in [2.05, 4.69) is 14.9 Å². The molecule has 0 spiro atoms. The number of H-pyrrole nitrogens is 1. The third-order valence-electron chi connectivity index (χ3n) is 6.23. The molecule has 0 radical (unpaired) electrons. The summed E-state index contributed by atoms with van der Waals surface area (Å²) in [5, 5.41) is 7.12. The first-order chi connectivity index (χ1) is 16.5. The largest absolute Gasteiger partial charge is 0.573 e. The van der Waals surface area contributed by atoms with Crippen molar-refractivity contribution in [2.24, 2.45) is 0 Å². The summed E-state index contributed by atoms with van der Waals surface area (Å²) in [5.41, 5.74) is 1.56. The van der Waals surface area contributed by atoms with Gasteiger partial charge in [-0.3, -0.25) is 5.10 Å². The summed E-state index contributed by atoms with van der Waals surface area (Å²) >= 11 is 0. The summed E-state index contributed by atoms with van der Waals surface area (Å²) in [7, 11) is -3.14. The number of aromatic nitrogens is 2. The molecule has 2 aliphatic rings. The molecule has 2 aromatic rings. The third kappa shape index (κ3) is 6.38. The minimum Gasteiger partial charge on any atom is -0.477 e. The minimum atomic E-state index is -4.78. The number of carbonyl (C=O) groups excluding carboxylic acids is 1. The fourth-order valence-corrected chi connectivity index (χ4v) is 5.72. The number of hydrogen-bond donors (Lipinski definition) is 1. The zero-order valence-electron chi connectivity index (χ0n) is 19.1. The van der Waals surface area contributed by atoms with E-state index in [1.165, 1.54) is 12.1 Å². The van der Waals surface area contributed by atoms with Gasteiger partial charge in [0.05, 0.1) is 18.1 Å². The fraction of sp³-hybridized carbons (Fsp3) is 0.545. The molecule has 2 saturated heterocycles. The molecule has 0 aliphatic carbocycles. The second kappa shape index (κ2) is 9.96. The number of ether oxygens (including phenoxy) is 2. The predicted molar refractivity (Wildman–Crippen MR) is 120 cm³/mol. The number of likely N-dealkylation sites (tertiary alicyclic amines) is 1. The summed E-state index contributed by atoms with van der Waals surface area (Å²) in [5.74, 6) is -0.302. The van der Waals surface area contributed by atoms with E-state index in [0.29, 0.717) is 32.0 Å². The lowest BCUT2D eigenvalue weighted by molar-refractivity contribution is -0.274. The van der Waals surface area contributed by atoms with Crippen LogP contribution in [-0.2, 0) is 9.84 Å². The average molecular weight is 517 g/mol. The van der Waals surface area contributed by atoms with Crippen LogP contribution in [0.3, 0.4) is 0 Å². The fourth-order valence-electron chi connectivity index (χ4n) is 4.52. The lowest BCUT2D eigenvalue weighted by Gasteiger charge is -2.40. The van der Waals surface area contributed by atoms with E-state index >= 15 is 0 Å². The number of carbonyl (C=O) groups is 1. The smallest absolute Gasteiger partial charge is 0.477 e. The normalized spacial score (nSPS) is 22.6. The summed E-state index contributed by atoms with van der Waals surface area (Å²) < 4.78 is 70.6. The van der Waals surface area contributed by atoms with Gasteiger partial charge in [-0.1, -0.05) is 12.1 Å². The van der Waals surface area contributed by atoms with Gasteiger partial charge in [-0.05, 0) is 31.0 Å². The Morgan fingerprint density at radius 3 is 2.40 bits per heavy atom. The van der Waals surface area contributed by atoms with Gasteiger partial charge in [-0.2, -0.15) is 0 Å². The Morgan fingerprint density at radius 2 is 1.77 bits per heavy atom. The highest BCUT2D eigenvalue weighted by Gasteiger charge is 2.36. The van der Waals surface area contributed by atoms with E-state index in [0.717, 1.165) is 11.3 Å². The zero-order chi connectivity index (χ0) is 25.2. The molecule has 13 heteroatoms. The molecular formula is C22H27F3N4O5S. The Hall–Kier alpha value is -2.96. The van der Waals surface area contributed by atoms with Crippen molar-refractivity contribution >= 4 is 15.9 Å². The lowest BCUT2D eigenvalue weighted by Crippen LogP contribution is -2.53. The predicted octanol–water partition coefficient (Wildman–Crippen LogP) is 3.13. The standard InChI is InChI=1S/C22H27F3N4O5S/c1-2-33-20-12-19(26-27-20)17-11-16(15-3-5-18(6-4-15)34-22(23,24)25)13-29(14-17)21(30)28-7-9-35(31,32)10-8-28/h3-6,12,16-17H,2,7-11,13-14H2,1H3,(H,26,27). The quantitative estimate of drug-likeness (QED) is 0.655. The first-order valence-corrected chi connectivity index (χ1v) is 13.1. The summed E-state index contributed by atoms with van der Waals surface area (Å²) in [6, 6.07) is 7.20. The van der Waals surface area contributed by atoms with Crippen molar-refractivity contribution in [1.82, 2.24) is 20.0 Å². The van der Waals surface area contributed by atoms with Crippen molar-refractivity contribution in [3.8, 4) is 11.6 Å². The number of halogens is 3. The van der Waals surface area contributed by atoms with Crippen molar-refractivity contribution in [1.29, 1.82) is 0 Å². The number of piperidine rings is 1. The Labute approximate surface area is 201 Å². The van der Waals surface area contributed by atoms with Gasteiger partial charge < -0.3 is 19.3 Å². The molecule has 35 heavy (non-hydrogen) atoms. The monoisotopic (exact) mass is 516 g/mol. The maximum absolute atomic E-state index is 13.3. The van der Waals surface area contributed by atoms with Gasteiger partial charge in [0.2, 0.25) is 5.88 Å². The van der Waals surface area contributed by atoms with E-state index < -0.39 is 16.2 Å². The maximum Gasteiger partial charge on any atom is 0.573 e. The number of hydrogen-bond acceptors (Lipinski definition) is 6. The third-order valence-corrected chi connectivity index (χ3v) is 7.84. The van der Waals surface area contributed by atoms with E-state index in [4.69, 9.17) is 4.74 Å². The van der Waals surface area contributed by atoms with Gasteiger partial charge in [0.25, 0.3) is 0 Å². The van der Waals surface area contributed by atoms with Crippen molar-refractivity contribution in [3.05, 3.63) is 41.6 Å². The summed E-state index contributed by atoms with van der Waals surface area (Å²) in [6.07, 6.45) is -4.15. The van der Waals surface area contributed by atoms with E-state index in [-0.39, 0.29) is 48.2 Å². The van der Waals surface area contributed by atoms with Crippen LogP contribution in [0.5, 0.6) is 11.6 Å². The number of rotatable bonds is 5. The highest BCUT2D eigenvalue weighted by molar-refractivity contribution is 7.91. The number of nitrogens with one attached hydrogen (secondary N) is 1. The minimum absolute atomic E-state index is 0.0711. The molecule has 2 fully saturated rings. The molecule has 0 saturated carbocycles. The highest BCUT2D eigenvalue weighted by atomic mass is 32.2. The van der Waals surface area contributed by atoms with Crippen LogP contribution in [0.15, 0.2) is 30.3 Å². The number of alkyl halides is 3. The molecule has 2 amide bonds. The van der Waals surface area contributed by atoms with Crippen LogP contribution in [0.25, 0.3) is 0 Å². The molecule has 0 bridgehead atoms. The summed E-state index contributed by atoms with van der Waals surface area (Å²) in [4.78, 5) is 16.5. The molecule has 4 rings (SSSR count). The van der Waals surface area contributed by atoms with E-state index in [9.17, 15) is 26.4 Å². The Bertz CT molecular complexity index is 1120. The zero-order valence-corrected chi connectivity index (χ0v) is 19.9. The number of aromatic amines is 1. The van der Waals surface area contributed by atoms with Crippen LogP contribution < -0.4 is 9.47 Å². The molecule has 192 valence electrons. The SMILES string of the molecule is CCOc1cc(C2CC(c3ccc(OC(F)(F)F)cc3)CN(C(=O)N3CCS(=O)(=O)CC3)C2)[nH]n1. The highest BCUT2D eigenvalue weighted by Crippen LogP contribution is 2.37. The van der Waals surface area contributed by atoms with Crippen molar-refractivity contribution < 1.29 is 35.9 Å². The van der Waals surface area contributed by atoms with Gasteiger partial charge in [0, 0.05) is 49.8 Å². The number of nitrogens with zero attached hydrogens (tertiary/aromatic N) is 3. The van der Waals surface area contributed by atoms with Gasteiger partial charge in [-0.15, -0.1) is 18.3 Å². The Balaban J connectivity index is 1.55. The lowest BCUT2D eigenvalue weighted by atomic mass is 9.83. The first kappa shape index (κ1) is 25.1. The first-order valence-electron chi connectivity index (χ1n) is 11.3. The number of urea groups is 1. The number of sulfone groups is 1. The molecular weight excluding hydrogens is 489 g/mol. The summed E-state index contributed by atoms with van der Waals surface area (Å²) in [6.45, 7) is 3.30. The second-order valence-corrected chi connectivity index (χ2v) is 11.0. The molecule has 1 aromatic heterocycles. The van der Waals surface area contributed by atoms with Gasteiger partial charge in [0.15, 0.2) is 9.84 Å². The molecule has 1 aromatic carbocycles. The number of benzene rings is 1. The molecule has 2 aliphatic heterocycles. The molecule has 9 nitrogen and oxygen atoms in total.